The highest BCUT2D eigenvalue weighted by Crippen LogP contribution is 2.24. The second-order valence-corrected chi connectivity index (χ2v) is 4.88. The summed E-state index contributed by atoms with van der Waals surface area (Å²) in [4.78, 5) is 21.1. The molecule has 0 aromatic rings. The molecule has 4 atom stereocenters. The van der Waals surface area contributed by atoms with Gasteiger partial charge >= 0.3 is 11.9 Å². The fraction of sp³-hybridized carbons (Fsp3) is 0.714. The first-order chi connectivity index (χ1) is 10.2. The van der Waals surface area contributed by atoms with Gasteiger partial charge in [-0.1, -0.05) is 12.2 Å². The minimum absolute atomic E-state index is 0.139. The van der Waals surface area contributed by atoms with Crippen molar-refractivity contribution in [2.24, 2.45) is 11.8 Å². The van der Waals surface area contributed by atoms with E-state index in [1.807, 2.05) is 0 Å². The Morgan fingerprint density at radius 2 is 1.45 bits per heavy atom. The van der Waals surface area contributed by atoms with Crippen LogP contribution in [0.3, 0.4) is 0 Å². The molecule has 0 amide bonds. The molecule has 0 saturated carbocycles. The number of carbonyl (C=O) groups is 2. The van der Waals surface area contributed by atoms with E-state index in [-0.39, 0.29) is 13.2 Å². The zero-order valence-corrected chi connectivity index (χ0v) is 12.8. The summed E-state index contributed by atoms with van der Waals surface area (Å²) in [5.74, 6) is -3.69. The van der Waals surface area contributed by atoms with Gasteiger partial charge in [-0.25, -0.2) is 0 Å². The summed E-state index contributed by atoms with van der Waals surface area (Å²) in [5, 5.41) is 49.3. The third-order valence-electron chi connectivity index (χ3n) is 2.55. The van der Waals surface area contributed by atoms with Gasteiger partial charge in [0.25, 0.3) is 0 Å². The molecule has 0 saturated heterocycles. The number of carboxylic acids is 2. The molecule has 6 N–H and O–H groups in total. The summed E-state index contributed by atoms with van der Waals surface area (Å²) in [6, 6.07) is 0. The maximum atomic E-state index is 10.6. The van der Waals surface area contributed by atoms with E-state index in [0.717, 1.165) is 0 Å². The Bertz CT molecular complexity index is 330. The summed E-state index contributed by atoms with van der Waals surface area (Å²) >= 11 is 0. The maximum Gasteiger partial charge on any atom is 0.311 e. The van der Waals surface area contributed by atoms with Crippen LogP contribution in [0.1, 0.15) is 26.7 Å². The summed E-state index contributed by atoms with van der Waals surface area (Å²) in [6.07, 6.45) is 3.14. The Balaban J connectivity index is 0. The topological polar surface area (TPSA) is 156 Å². The van der Waals surface area contributed by atoms with E-state index in [1.165, 1.54) is 19.9 Å². The van der Waals surface area contributed by atoms with Gasteiger partial charge in [-0.3, -0.25) is 9.59 Å². The zero-order valence-electron chi connectivity index (χ0n) is 12.8. The van der Waals surface area contributed by atoms with Crippen LogP contribution >= 0.6 is 0 Å². The van der Waals surface area contributed by atoms with Crippen molar-refractivity contribution < 1.29 is 40.2 Å². The number of rotatable bonds is 4. The first kappa shape index (κ1) is 22.8. The Kier molecular flexibility index (Phi) is 13.7. The summed E-state index contributed by atoms with van der Waals surface area (Å²) in [5.41, 5.74) is 0. The van der Waals surface area contributed by atoms with Crippen LogP contribution in [0.4, 0.5) is 0 Å². The van der Waals surface area contributed by atoms with Gasteiger partial charge in [-0.15, -0.1) is 0 Å². The molecule has 1 aliphatic rings. The van der Waals surface area contributed by atoms with Crippen molar-refractivity contribution in [3.63, 3.8) is 0 Å². The second kappa shape index (κ2) is 13.2. The van der Waals surface area contributed by atoms with Crippen molar-refractivity contribution in [2.45, 2.75) is 38.9 Å². The van der Waals surface area contributed by atoms with E-state index in [2.05, 4.69) is 0 Å². The van der Waals surface area contributed by atoms with Gasteiger partial charge in [0.05, 0.1) is 37.3 Å². The van der Waals surface area contributed by atoms with Gasteiger partial charge in [-0.05, 0) is 26.7 Å². The Labute approximate surface area is 129 Å². The van der Waals surface area contributed by atoms with E-state index in [0.29, 0.717) is 12.8 Å². The lowest BCUT2D eigenvalue weighted by atomic mass is 9.84. The highest BCUT2D eigenvalue weighted by molar-refractivity contribution is 5.81. The molecular weight excluding hydrogens is 296 g/mol. The van der Waals surface area contributed by atoms with Crippen molar-refractivity contribution in [3.8, 4) is 0 Å². The van der Waals surface area contributed by atoms with Crippen molar-refractivity contribution in [3.05, 3.63) is 12.2 Å². The van der Waals surface area contributed by atoms with Gasteiger partial charge in [0.15, 0.2) is 0 Å². The van der Waals surface area contributed by atoms with Crippen LogP contribution in [0.5, 0.6) is 0 Å². The van der Waals surface area contributed by atoms with Crippen molar-refractivity contribution in [1.82, 2.24) is 0 Å². The minimum atomic E-state index is -1.06. The first-order valence-corrected chi connectivity index (χ1v) is 6.87. The van der Waals surface area contributed by atoms with E-state index in [9.17, 15) is 9.59 Å². The number of allylic oxidation sites excluding steroid dienone is 1. The van der Waals surface area contributed by atoms with Crippen molar-refractivity contribution in [1.29, 1.82) is 0 Å². The normalized spacial score (nSPS) is 22.3. The highest BCUT2D eigenvalue weighted by Gasteiger charge is 2.32. The van der Waals surface area contributed by atoms with Crippen LogP contribution in [0.15, 0.2) is 12.2 Å². The van der Waals surface area contributed by atoms with Crippen LogP contribution in [0, 0.1) is 11.8 Å². The van der Waals surface area contributed by atoms with Gasteiger partial charge in [0, 0.05) is 0 Å². The second-order valence-electron chi connectivity index (χ2n) is 4.88. The predicted molar refractivity (Wildman–Crippen MR) is 78.2 cm³/mol. The standard InChI is InChI=1S/C8H10O4.2C3H8O2/c9-7(10)5-3-1-2-4-6(5)8(11)12;2*1-3(5)2-4/h1,3,5-6H,2,4H2,(H,9,10)(H,11,12);2*3-5H,2H2,1H3. The van der Waals surface area contributed by atoms with Crippen molar-refractivity contribution in [2.75, 3.05) is 13.2 Å². The molecule has 1 aliphatic carbocycles. The Morgan fingerprint density at radius 3 is 1.68 bits per heavy atom. The first-order valence-electron chi connectivity index (χ1n) is 6.87. The lowest BCUT2D eigenvalue weighted by Gasteiger charge is -2.19. The molecule has 22 heavy (non-hydrogen) atoms. The number of hydrogen-bond donors (Lipinski definition) is 6. The smallest absolute Gasteiger partial charge is 0.311 e. The highest BCUT2D eigenvalue weighted by atomic mass is 16.4. The third-order valence-corrected chi connectivity index (χ3v) is 2.55. The monoisotopic (exact) mass is 322 g/mol. The van der Waals surface area contributed by atoms with Crippen LogP contribution in [-0.4, -0.2) is 68.0 Å². The van der Waals surface area contributed by atoms with Crippen molar-refractivity contribution >= 4 is 11.9 Å². The van der Waals surface area contributed by atoms with Gasteiger partial charge < -0.3 is 30.6 Å². The quantitative estimate of drug-likeness (QED) is 0.377. The lowest BCUT2D eigenvalue weighted by molar-refractivity contribution is -0.152. The Morgan fingerprint density at radius 1 is 1.05 bits per heavy atom. The molecule has 0 aromatic carbocycles. The molecule has 0 fully saturated rings. The molecule has 0 aromatic heterocycles. The molecule has 0 spiro atoms. The van der Waals surface area contributed by atoms with Crippen LogP contribution in [0.25, 0.3) is 0 Å². The number of aliphatic hydroxyl groups excluding tert-OH is 4. The molecule has 0 bridgehead atoms. The average Bonchev–Trinajstić information content (AvgIpc) is 2.48. The largest absolute Gasteiger partial charge is 0.481 e. The molecular formula is C14H26O8. The van der Waals surface area contributed by atoms with Crippen LogP contribution in [0.2, 0.25) is 0 Å². The van der Waals surface area contributed by atoms with Crippen LogP contribution in [-0.2, 0) is 9.59 Å². The number of aliphatic carboxylic acids is 2. The molecule has 0 aliphatic heterocycles. The minimum Gasteiger partial charge on any atom is -0.481 e. The van der Waals surface area contributed by atoms with E-state index in [4.69, 9.17) is 30.6 Å². The summed E-state index contributed by atoms with van der Waals surface area (Å²) in [7, 11) is 0. The van der Waals surface area contributed by atoms with Crippen LogP contribution < -0.4 is 0 Å². The fourth-order valence-electron chi connectivity index (χ4n) is 1.36. The summed E-state index contributed by atoms with van der Waals surface area (Å²) < 4.78 is 0. The average molecular weight is 322 g/mol. The molecule has 8 nitrogen and oxygen atoms in total. The molecule has 8 heteroatoms. The predicted octanol–water partition coefficient (Wildman–Crippen LogP) is -0.543. The van der Waals surface area contributed by atoms with E-state index in [1.54, 1.807) is 6.08 Å². The molecule has 0 heterocycles. The molecule has 0 radical (unpaired) electrons. The molecule has 1 rings (SSSR count). The Hall–Kier alpha value is -1.48. The maximum absolute atomic E-state index is 10.6. The molecule has 130 valence electrons. The lowest BCUT2D eigenvalue weighted by Crippen LogP contribution is -2.30. The van der Waals surface area contributed by atoms with Gasteiger partial charge in [0.2, 0.25) is 0 Å². The fourth-order valence-corrected chi connectivity index (χ4v) is 1.36. The van der Waals surface area contributed by atoms with Gasteiger partial charge in [-0.2, -0.15) is 0 Å². The van der Waals surface area contributed by atoms with E-state index >= 15 is 0 Å². The zero-order chi connectivity index (χ0) is 17.7. The number of carboxylic acid groups (broad SMARTS) is 2. The number of aliphatic hydroxyl groups is 4. The SMILES string of the molecule is CC(O)CO.CC(O)CO.O=C(O)C1C=CCCC1C(=O)O. The van der Waals surface area contributed by atoms with Gasteiger partial charge in [0.1, 0.15) is 0 Å². The summed E-state index contributed by atoms with van der Waals surface area (Å²) in [6.45, 7) is 2.78. The third kappa shape index (κ3) is 12.3. The van der Waals surface area contributed by atoms with E-state index < -0.39 is 36.0 Å². The number of hydrogen-bond acceptors (Lipinski definition) is 6. The molecule has 4 unspecified atom stereocenters.